The van der Waals surface area contributed by atoms with Crippen molar-refractivity contribution in [2.24, 2.45) is 11.8 Å². The second-order valence-corrected chi connectivity index (χ2v) is 24.2. The van der Waals surface area contributed by atoms with E-state index in [-0.39, 0.29) is 79.0 Å². The molecule has 2 aliphatic heterocycles. The Labute approximate surface area is 459 Å². The molecule has 3 aromatic carbocycles. The first-order valence-corrected chi connectivity index (χ1v) is 28.2. The third kappa shape index (κ3) is 13.6. The lowest BCUT2D eigenvalue weighted by molar-refractivity contribution is -0.128. The van der Waals surface area contributed by atoms with Gasteiger partial charge in [0.1, 0.15) is 11.9 Å². The molecule has 4 heterocycles. The Hall–Kier alpha value is -6.39. The van der Waals surface area contributed by atoms with Gasteiger partial charge in [-0.1, -0.05) is 71.5 Å². The minimum Gasteiger partial charge on any atom is -0.496 e. The molecule has 16 nitrogen and oxygen atoms in total. The molecule has 21 heteroatoms. The number of benzene rings is 3. The summed E-state index contributed by atoms with van der Waals surface area (Å²) in [5.74, 6) is -1.62. The molecule has 2 aromatic heterocycles. The lowest BCUT2D eigenvalue weighted by atomic mass is 10.0. The highest BCUT2D eigenvalue weighted by molar-refractivity contribution is 8.01. The van der Waals surface area contributed by atoms with Crippen LogP contribution in [0.4, 0.5) is 14.7 Å². The molecule has 3 fully saturated rings. The molecule has 5 aromatic rings. The van der Waals surface area contributed by atoms with Gasteiger partial charge in [-0.3, -0.25) is 34.1 Å². The Morgan fingerprint density at radius 3 is 2.21 bits per heavy atom. The number of anilines is 2. The Bertz CT molecular complexity index is 3050. The van der Waals surface area contributed by atoms with E-state index in [4.69, 9.17) is 4.74 Å². The number of amides is 6. The van der Waals surface area contributed by atoms with Gasteiger partial charge in [0.25, 0.3) is 17.7 Å². The molecule has 2 saturated heterocycles. The van der Waals surface area contributed by atoms with Gasteiger partial charge in [0, 0.05) is 72.1 Å². The van der Waals surface area contributed by atoms with Crippen molar-refractivity contribution in [1.82, 2.24) is 34.5 Å². The van der Waals surface area contributed by atoms with Crippen molar-refractivity contribution in [3.05, 3.63) is 125 Å². The number of aromatic nitrogens is 2. The first-order valence-electron chi connectivity index (χ1n) is 24.9. The molecular weight excluding hydrogens is 1050 g/mol. The molecule has 0 bridgehead atoms. The van der Waals surface area contributed by atoms with Crippen molar-refractivity contribution in [2.75, 3.05) is 77.7 Å². The lowest BCUT2D eigenvalue weighted by Crippen LogP contribution is -2.43. The van der Waals surface area contributed by atoms with Gasteiger partial charge in [-0.2, -0.15) is 0 Å². The van der Waals surface area contributed by atoms with Crippen LogP contribution < -0.4 is 15.4 Å². The molecular formula is C55H62FN9O7S4. The second-order valence-electron chi connectivity index (χ2n) is 19.5. The SMILES string of the molecule is C=CC(=O)N1CCN(C(=O)c2cc(Sc3cnc(NC(=O)c4cccc(CN(C)C)c4)s3)c(CC3CC3C(=O)Nc3ncc(Sc4cc(C)c(C)c(C(=O)N5CCCN(C(=O)C=C)[C@H](C)C5)c4)s3)cc2OC)CC(F)C1. The molecule has 3 aliphatic rings. The number of alkyl halides is 1. The largest absolute Gasteiger partial charge is 0.496 e. The first kappa shape index (κ1) is 55.8. The Morgan fingerprint density at radius 1 is 0.829 bits per heavy atom. The molecule has 3 unspecified atom stereocenters. The monoisotopic (exact) mass is 1110 g/mol. The minimum atomic E-state index is -1.48. The quantitative estimate of drug-likeness (QED) is 0.0848. The van der Waals surface area contributed by atoms with Crippen molar-refractivity contribution < 1.29 is 37.9 Å². The fourth-order valence-corrected chi connectivity index (χ4v) is 13.5. The average molecular weight is 1110 g/mol. The smallest absolute Gasteiger partial charge is 0.257 e. The second kappa shape index (κ2) is 24.7. The van der Waals surface area contributed by atoms with Crippen LogP contribution in [0.15, 0.2) is 104 Å². The summed E-state index contributed by atoms with van der Waals surface area (Å²) in [5, 5.41) is 6.78. The number of halogens is 1. The van der Waals surface area contributed by atoms with Gasteiger partial charge in [-0.15, -0.1) is 0 Å². The normalized spacial score (nSPS) is 18.6. The Balaban J connectivity index is 0.962. The summed E-state index contributed by atoms with van der Waals surface area (Å²) in [6, 6.07) is 14.7. The van der Waals surface area contributed by atoms with Crippen molar-refractivity contribution in [1.29, 1.82) is 0 Å². The number of nitrogens with zero attached hydrogens (tertiary/aromatic N) is 7. The van der Waals surface area contributed by atoms with Gasteiger partial charge >= 0.3 is 0 Å². The lowest BCUT2D eigenvalue weighted by Gasteiger charge is -2.28. The average Bonchev–Trinajstić information content (AvgIpc) is 3.97. The van der Waals surface area contributed by atoms with Crippen LogP contribution >= 0.6 is 46.2 Å². The van der Waals surface area contributed by atoms with Crippen molar-refractivity contribution in [2.45, 2.75) is 77.0 Å². The van der Waals surface area contributed by atoms with E-state index in [1.54, 1.807) is 35.5 Å². The Kier molecular flexibility index (Phi) is 18.2. The first-order chi connectivity index (χ1) is 36.4. The molecule has 8 rings (SSSR count). The predicted molar refractivity (Wildman–Crippen MR) is 297 cm³/mol. The van der Waals surface area contributed by atoms with Gasteiger partial charge in [0.05, 0.1) is 46.6 Å². The van der Waals surface area contributed by atoms with E-state index in [1.165, 1.54) is 69.2 Å². The summed E-state index contributed by atoms with van der Waals surface area (Å²) in [4.78, 5) is 99.4. The van der Waals surface area contributed by atoms with E-state index in [1.807, 2.05) is 75.0 Å². The van der Waals surface area contributed by atoms with Crippen LogP contribution in [0.25, 0.3) is 0 Å². The summed E-state index contributed by atoms with van der Waals surface area (Å²) in [6.45, 7) is 15.1. The zero-order valence-corrected chi connectivity index (χ0v) is 46.7. The van der Waals surface area contributed by atoms with Gasteiger partial charge in [0.2, 0.25) is 17.7 Å². The number of thiazole rings is 2. The van der Waals surface area contributed by atoms with Crippen LogP contribution in [0.2, 0.25) is 0 Å². The fraction of sp³-hybridized carbons (Fsp3) is 0.382. The van der Waals surface area contributed by atoms with Crippen LogP contribution in [-0.2, 0) is 27.3 Å². The van der Waals surface area contributed by atoms with E-state index in [2.05, 4.69) is 33.8 Å². The predicted octanol–water partition coefficient (Wildman–Crippen LogP) is 8.72. The molecule has 1 saturated carbocycles. The van der Waals surface area contributed by atoms with Gasteiger partial charge in [0.15, 0.2) is 10.3 Å². The maximum absolute atomic E-state index is 15.3. The molecule has 0 spiro atoms. The molecule has 2 N–H and O–H groups in total. The number of aryl methyl sites for hydroxylation is 1. The summed E-state index contributed by atoms with van der Waals surface area (Å²) in [6.07, 6.45) is 6.10. The third-order valence-corrected chi connectivity index (χ3v) is 17.7. The number of rotatable bonds is 17. The van der Waals surface area contributed by atoms with Gasteiger partial charge in [-0.05, 0) is 131 Å². The summed E-state index contributed by atoms with van der Waals surface area (Å²) in [5.41, 5.74) is 5.01. The van der Waals surface area contributed by atoms with Crippen LogP contribution in [0.5, 0.6) is 5.75 Å². The fourth-order valence-electron chi connectivity index (χ4n) is 9.48. The molecule has 6 amide bonds. The number of carbonyl (C=O) groups excluding carboxylic acids is 6. The van der Waals surface area contributed by atoms with E-state index in [0.29, 0.717) is 71.7 Å². The number of methoxy groups -OCH3 is 1. The van der Waals surface area contributed by atoms with Crippen molar-refractivity contribution in [3.8, 4) is 5.75 Å². The maximum Gasteiger partial charge on any atom is 0.257 e. The van der Waals surface area contributed by atoms with Crippen molar-refractivity contribution >= 4 is 91.9 Å². The van der Waals surface area contributed by atoms with E-state index < -0.39 is 18.0 Å². The molecule has 4 atom stereocenters. The molecule has 400 valence electrons. The number of hydrogen-bond acceptors (Lipinski definition) is 14. The van der Waals surface area contributed by atoms with Crippen LogP contribution in [-0.4, -0.2) is 149 Å². The number of ether oxygens (including phenoxy) is 1. The maximum atomic E-state index is 15.3. The molecule has 0 radical (unpaired) electrons. The summed E-state index contributed by atoms with van der Waals surface area (Å²) in [7, 11) is 5.39. The third-order valence-electron chi connectivity index (χ3n) is 13.6. The van der Waals surface area contributed by atoms with Gasteiger partial charge in [-0.25, -0.2) is 14.4 Å². The van der Waals surface area contributed by atoms with Crippen LogP contribution in [0.3, 0.4) is 0 Å². The van der Waals surface area contributed by atoms with E-state index in [0.717, 1.165) is 41.6 Å². The van der Waals surface area contributed by atoms with Gasteiger partial charge < -0.3 is 34.6 Å². The zero-order chi connectivity index (χ0) is 54.4. The standard InChI is InChI=1S/C55H62FN9O7S4/c1-9-46(66)62-17-18-64(31-39(56)30-62)53(71)43-25-45(74-49-27-58-54(76-49)59-50(68)36-14-11-13-35(20-36)29-61(6)7)38(23-44(43)72-8)21-37-22-42(37)51(69)60-55-57-26-48(75-55)73-40-19-32(3)34(5)41(24-40)52(70)63-15-12-16-65(33(4)28-63)47(67)10-2/h9-11,13-14,19-20,23-27,33,37,39,42H,1-2,12,15-18,21-22,28-31H2,3-8H3,(H,57,60,69)(H,58,59,68)/t33-,37?,39?,42?/m1/s1. The van der Waals surface area contributed by atoms with E-state index in [9.17, 15) is 28.8 Å². The molecule has 76 heavy (non-hydrogen) atoms. The molecule has 1 aliphatic carbocycles. The Morgan fingerprint density at radius 2 is 1.50 bits per heavy atom. The minimum absolute atomic E-state index is 0.0468. The van der Waals surface area contributed by atoms with E-state index >= 15 is 4.39 Å². The number of carbonyl (C=O) groups is 6. The van der Waals surface area contributed by atoms with Crippen LogP contribution in [0, 0.1) is 25.7 Å². The highest BCUT2D eigenvalue weighted by Crippen LogP contribution is 2.47. The van der Waals surface area contributed by atoms with Crippen molar-refractivity contribution in [3.63, 3.8) is 0 Å². The van der Waals surface area contributed by atoms with Crippen LogP contribution in [0.1, 0.15) is 73.1 Å². The number of hydrogen-bond donors (Lipinski definition) is 2. The highest BCUT2D eigenvalue weighted by atomic mass is 32.2. The highest BCUT2D eigenvalue weighted by Gasteiger charge is 2.44. The summed E-state index contributed by atoms with van der Waals surface area (Å²) >= 11 is 5.45. The number of nitrogens with one attached hydrogen (secondary N) is 2. The summed E-state index contributed by atoms with van der Waals surface area (Å²) < 4.78 is 22.7. The zero-order valence-electron chi connectivity index (χ0n) is 43.4. The topological polar surface area (TPSA) is 178 Å².